The predicted octanol–water partition coefficient (Wildman–Crippen LogP) is 2.80. The zero-order chi connectivity index (χ0) is 16.5. The van der Waals surface area contributed by atoms with Gasteiger partial charge in [-0.2, -0.15) is 0 Å². The van der Waals surface area contributed by atoms with Crippen molar-refractivity contribution in [3.05, 3.63) is 0 Å². The molecule has 2 fully saturated rings. The standard InChI is InChI=1S/C18H35N3O.ClH/c1-12-7-6-8-15(13(12)2)20-17(22)14(3)21-10-9-16(19)18(4,5)11-21;/h12-16H,6-11,19H2,1-5H3,(H,20,22);1H. The Bertz CT molecular complexity index is 402. The number of hydrogen-bond donors (Lipinski definition) is 2. The largest absolute Gasteiger partial charge is 0.352 e. The maximum Gasteiger partial charge on any atom is 0.237 e. The van der Waals surface area contributed by atoms with Crippen molar-refractivity contribution >= 4 is 18.3 Å². The van der Waals surface area contributed by atoms with Gasteiger partial charge in [0.15, 0.2) is 0 Å². The molecule has 1 saturated heterocycles. The van der Waals surface area contributed by atoms with Crippen molar-refractivity contribution in [1.29, 1.82) is 0 Å². The first-order chi connectivity index (χ1) is 10.2. The number of amides is 1. The average Bonchev–Trinajstić information content (AvgIpc) is 2.46. The van der Waals surface area contributed by atoms with E-state index in [9.17, 15) is 4.79 Å². The fourth-order valence-electron chi connectivity index (χ4n) is 4.00. The van der Waals surface area contributed by atoms with Crippen LogP contribution in [0.2, 0.25) is 0 Å². The summed E-state index contributed by atoms with van der Waals surface area (Å²) < 4.78 is 0. The first-order valence-electron chi connectivity index (χ1n) is 9.02. The summed E-state index contributed by atoms with van der Waals surface area (Å²) in [5.41, 5.74) is 6.29. The molecule has 0 bridgehead atoms. The summed E-state index contributed by atoms with van der Waals surface area (Å²) in [5.74, 6) is 1.48. The first kappa shape index (κ1) is 20.7. The van der Waals surface area contributed by atoms with E-state index in [1.165, 1.54) is 12.8 Å². The highest BCUT2D eigenvalue weighted by Gasteiger charge is 2.37. The van der Waals surface area contributed by atoms with E-state index >= 15 is 0 Å². The van der Waals surface area contributed by atoms with Gasteiger partial charge in [0.05, 0.1) is 6.04 Å². The van der Waals surface area contributed by atoms with Crippen molar-refractivity contribution in [1.82, 2.24) is 10.2 Å². The van der Waals surface area contributed by atoms with Gasteiger partial charge in [-0.3, -0.25) is 9.69 Å². The van der Waals surface area contributed by atoms with E-state index < -0.39 is 0 Å². The van der Waals surface area contributed by atoms with Crippen LogP contribution in [0.1, 0.15) is 60.3 Å². The summed E-state index contributed by atoms with van der Waals surface area (Å²) >= 11 is 0. The topological polar surface area (TPSA) is 58.4 Å². The van der Waals surface area contributed by atoms with E-state index in [2.05, 4.69) is 37.9 Å². The van der Waals surface area contributed by atoms with Crippen molar-refractivity contribution in [3.8, 4) is 0 Å². The fourth-order valence-corrected chi connectivity index (χ4v) is 4.00. The van der Waals surface area contributed by atoms with Gasteiger partial charge in [-0.25, -0.2) is 0 Å². The maximum absolute atomic E-state index is 12.7. The van der Waals surface area contributed by atoms with E-state index in [1.54, 1.807) is 0 Å². The Morgan fingerprint density at radius 2 is 1.91 bits per heavy atom. The second kappa shape index (κ2) is 8.17. The smallest absolute Gasteiger partial charge is 0.237 e. The number of rotatable bonds is 3. The van der Waals surface area contributed by atoms with Gasteiger partial charge < -0.3 is 11.1 Å². The van der Waals surface area contributed by atoms with Crippen LogP contribution >= 0.6 is 12.4 Å². The number of carbonyl (C=O) groups is 1. The van der Waals surface area contributed by atoms with Crippen LogP contribution in [0.4, 0.5) is 0 Å². The van der Waals surface area contributed by atoms with Gasteiger partial charge in [-0.15, -0.1) is 12.4 Å². The number of nitrogens with two attached hydrogens (primary N) is 1. The van der Waals surface area contributed by atoms with Gasteiger partial charge in [0.1, 0.15) is 0 Å². The molecule has 136 valence electrons. The SMILES string of the molecule is CC1CCCC(NC(=O)C(C)N2CCC(N)C(C)(C)C2)C1C.Cl. The number of nitrogens with zero attached hydrogens (tertiary/aromatic N) is 1. The Morgan fingerprint density at radius 3 is 2.52 bits per heavy atom. The minimum Gasteiger partial charge on any atom is -0.352 e. The predicted molar refractivity (Wildman–Crippen MR) is 98.8 cm³/mol. The van der Waals surface area contributed by atoms with Crippen LogP contribution in [-0.2, 0) is 4.79 Å². The second-order valence-corrected chi connectivity index (χ2v) is 8.41. The summed E-state index contributed by atoms with van der Waals surface area (Å²) in [4.78, 5) is 15.0. The van der Waals surface area contributed by atoms with Crippen molar-refractivity contribution in [3.63, 3.8) is 0 Å². The molecule has 2 rings (SSSR count). The third kappa shape index (κ3) is 4.83. The third-order valence-corrected chi connectivity index (χ3v) is 6.30. The Hall–Kier alpha value is -0.320. The number of carbonyl (C=O) groups excluding carboxylic acids is 1. The number of nitrogens with one attached hydrogen (secondary N) is 1. The van der Waals surface area contributed by atoms with E-state index in [0.29, 0.717) is 17.9 Å². The Balaban J connectivity index is 0.00000264. The maximum atomic E-state index is 12.7. The van der Waals surface area contributed by atoms with Crippen LogP contribution < -0.4 is 11.1 Å². The summed E-state index contributed by atoms with van der Waals surface area (Å²) in [6.07, 6.45) is 4.62. The van der Waals surface area contributed by atoms with Crippen LogP contribution in [-0.4, -0.2) is 42.0 Å². The zero-order valence-electron chi connectivity index (χ0n) is 15.5. The lowest BCUT2D eigenvalue weighted by atomic mass is 9.78. The lowest BCUT2D eigenvalue weighted by molar-refractivity contribution is -0.128. The van der Waals surface area contributed by atoms with Gasteiger partial charge in [-0.1, -0.05) is 40.5 Å². The highest BCUT2D eigenvalue weighted by Crippen LogP contribution is 2.31. The molecule has 1 aliphatic carbocycles. The molecule has 1 amide bonds. The van der Waals surface area contributed by atoms with E-state index in [1.807, 2.05) is 6.92 Å². The van der Waals surface area contributed by atoms with Gasteiger partial charge in [0.2, 0.25) is 5.91 Å². The van der Waals surface area contributed by atoms with Crippen LogP contribution in [0.3, 0.4) is 0 Å². The summed E-state index contributed by atoms with van der Waals surface area (Å²) in [6.45, 7) is 12.9. The second-order valence-electron chi connectivity index (χ2n) is 8.41. The lowest BCUT2D eigenvalue weighted by Crippen LogP contribution is -2.58. The minimum absolute atomic E-state index is 0. The lowest BCUT2D eigenvalue weighted by Gasteiger charge is -2.45. The molecule has 0 aromatic rings. The molecule has 0 aromatic heterocycles. The van der Waals surface area contributed by atoms with Crippen molar-refractivity contribution in [2.24, 2.45) is 23.0 Å². The van der Waals surface area contributed by atoms with Gasteiger partial charge in [0, 0.05) is 25.2 Å². The van der Waals surface area contributed by atoms with Gasteiger partial charge in [0.25, 0.3) is 0 Å². The van der Waals surface area contributed by atoms with Crippen molar-refractivity contribution in [2.75, 3.05) is 13.1 Å². The normalized spacial score (nSPS) is 35.9. The number of hydrogen-bond acceptors (Lipinski definition) is 3. The monoisotopic (exact) mass is 345 g/mol. The first-order valence-corrected chi connectivity index (χ1v) is 9.02. The Kier molecular flexibility index (Phi) is 7.36. The molecule has 0 spiro atoms. The zero-order valence-corrected chi connectivity index (χ0v) is 16.3. The molecule has 1 saturated carbocycles. The van der Waals surface area contributed by atoms with Crippen molar-refractivity contribution < 1.29 is 4.79 Å². The Labute approximate surface area is 148 Å². The number of likely N-dealkylation sites (tertiary alicyclic amines) is 1. The molecule has 0 aromatic carbocycles. The molecular weight excluding hydrogens is 310 g/mol. The molecule has 3 N–H and O–H groups in total. The van der Waals surface area contributed by atoms with Gasteiger partial charge in [-0.05, 0) is 37.0 Å². The number of piperidine rings is 1. The van der Waals surface area contributed by atoms with Crippen LogP contribution in [0.15, 0.2) is 0 Å². The minimum atomic E-state index is -0.0591. The molecule has 5 heteroatoms. The summed E-state index contributed by atoms with van der Waals surface area (Å²) in [6, 6.07) is 0.521. The van der Waals surface area contributed by atoms with Crippen LogP contribution in [0, 0.1) is 17.3 Å². The Morgan fingerprint density at radius 1 is 1.26 bits per heavy atom. The van der Waals surface area contributed by atoms with E-state index in [0.717, 1.165) is 25.9 Å². The molecule has 5 atom stereocenters. The molecule has 1 heterocycles. The summed E-state index contributed by atoms with van der Waals surface area (Å²) in [5, 5.41) is 3.32. The summed E-state index contributed by atoms with van der Waals surface area (Å²) in [7, 11) is 0. The quantitative estimate of drug-likeness (QED) is 0.826. The highest BCUT2D eigenvalue weighted by atomic mass is 35.5. The molecule has 2 aliphatic rings. The van der Waals surface area contributed by atoms with Crippen LogP contribution in [0.5, 0.6) is 0 Å². The number of halogens is 1. The molecule has 5 unspecified atom stereocenters. The van der Waals surface area contributed by atoms with E-state index in [4.69, 9.17) is 5.73 Å². The van der Waals surface area contributed by atoms with Crippen LogP contribution in [0.25, 0.3) is 0 Å². The molecular formula is C18H36ClN3O. The third-order valence-electron chi connectivity index (χ3n) is 6.30. The molecule has 1 aliphatic heterocycles. The van der Waals surface area contributed by atoms with E-state index in [-0.39, 0.29) is 35.8 Å². The van der Waals surface area contributed by atoms with Crippen molar-refractivity contribution in [2.45, 2.75) is 78.4 Å². The average molecular weight is 346 g/mol. The molecule has 4 nitrogen and oxygen atoms in total. The fraction of sp³-hybridized carbons (Fsp3) is 0.944. The highest BCUT2D eigenvalue weighted by molar-refractivity contribution is 5.85. The molecule has 0 radical (unpaired) electrons. The molecule has 23 heavy (non-hydrogen) atoms. The van der Waals surface area contributed by atoms with Gasteiger partial charge >= 0.3 is 0 Å².